The molecule has 0 bridgehead atoms. The molecule has 8 heavy (non-hydrogen) atoms. The van der Waals surface area contributed by atoms with Gasteiger partial charge in [-0.3, -0.25) is 4.79 Å². The van der Waals surface area contributed by atoms with E-state index in [1.807, 2.05) is 0 Å². The number of hydrogen-bond acceptors (Lipinski definition) is 1. The van der Waals surface area contributed by atoms with Crippen LogP contribution in [0.1, 0.15) is 13.3 Å². The number of carbonyl (C=O) groups is 1. The minimum atomic E-state index is -1.11. The third-order valence-electron chi connectivity index (χ3n) is 1.62. The Balaban J connectivity index is 2.60. The van der Waals surface area contributed by atoms with E-state index < -0.39 is 17.6 Å². The van der Waals surface area contributed by atoms with Crippen molar-refractivity contribution in [2.75, 3.05) is 0 Å². The molecule has 0 amide bonds. The van der Waals surface area contributed by atoms with Gasteiger partial charge in [0.1, 0.15) is 6.17 Å². The number of aliphatic carboxylic acids is 1. The fourth-order valence-corrected chi connectivity index (χ4v) is 0.535. The highest BCUT2D eigenvalue weighted by Gasteiger charge is 2.57. The molecule has 3 heteroatoms. The van der Waals surface area contributed by atoms with E-state index in [0.29, 0.717) is 0 Å². The van der Waals surface area contributed by atoms with Crippen LogP contribution in [0.4, 0.5) is 4.39 Å². The van der Waals surface area contributed by atoms with Crippen LogP contribution in [-0.2, 0) is 4.79 Å². The lowest BCUT2D eigenvalue weighted by atomic mass is 10.1. The second-order valence-electron chi connectivity index (χ2n) is 2.39. The van der Waals surface area contributed by atoms with Crippen molar-refractivity contribution in [1.29, 1.82) is 0 Å². The fourth-order valence-electron chi connectivity index (χ4n) is 0.535. The zero-order valence-electron chi connectivity index (χ0n) is 4.52. The molecule has 1 fully saturated rings. The molecule has 46 valence electrons. The van der Waals surface area contributed by atoms with Gasteiger partial charge in [0.25, 0.3) is 0 Å². The SMILES string of the molecule is C[C@@]1(C(=O)O)C[C@@H]1F. The highest BCUT2D eigenvalue weighted by atomic mass is 19.1. The summed E-state index contributed by atoms with van der Waals surface area (Å²) in [7, 11) is 0. The molecule has 0 aromatic heterocycles. The van der Waals surface area contributed by atoms with Gasteiger partial charge >= 0.3 is 5.97 Å². The summed E-state index contributed by atoms with van der Waals surface area (Å²) >= 11 is 0. The fraction of sp³-hybridized carbons (Fsp3) is 0.800. The van der Waals surface area contributed by atoms with E-state index >= 15 is 0 Å². The quantitative estimate of drug-likeness (QED) is 0.553. The average Bonchev–Trinajstić information content (AvgIpc) is 2.17. The molecule has 1 rings (SSSR count). The maximum atomic E-state index is 12.0. The van der Waals surface area contributed by atoms with Crippen LogP contribution < -0.4 is 0 Å². The van der Waals surface area contributed by atoms with Crippen LogP contribution in [0.15, 0.2) is 0 Å². The summed E-state index contributed by atoms with van der Waals surface area (Å²) in [5, 5.41) is 8.24. The van der Waals surface area contributed by atoms with E-state index in [1.54, 1.807) is 0 Å². The Morgan fingerprint density at radius 3 is 2.38 bits per heavy atom. The van der Waals surface area contributed by atoms with Gasteiger partial charge in [0.05, 0.1) is 5.41 Å². The molecule has 0 aromatic carbocycles. The Hall–Kier alpha value is -0.600. The maximum absolute atomic E-state index is 12.0. The number of alkyl halides is 1. The van der Waals surface area contributed by atoms with Gasteiger partial charge in [0.15, 0.2) is 0 Å². The van der Waals surface area contributed by atoms with Crippen molar-refractivity contribution in [2.24, 2.45) is 5.41 Å². The van der Waals surface area contributed by atoms with Gasteiger partial charge in [-0.15, -0.1) is 0 Å². The van der Waals surface area contributed by atoms with Crippen molar-refractivity contribution in [2.45, 2.75) is 19.5 Å². The minimum Gasteiger partial charge on any atom is -0.481 e. The Kier molecular flexibility index (Phi) is 0.840. The summed E-state index contributed by atoms with van der Waals surface area (Å²) < 4.78 is 12.0. The zero-order valence-corrected chi connectivity index (χ0v) is 4.52. The first-order valence-corrected chi connectivity index (χ1v) is 2.45. The maximum Gasteiger partial charge on any atom is 0.312 e. The first-order chi connectivity index (χ1) is 3.57. The van der Waals surface area contributed by atoms with Crippen LogP contribution in [-0.4, -0.2) is 17.2 Å². The van der Waals surface area contributed by atoms with Crippen LogP contribution in [0.2, 0.25) is 0 Å². The lowest BCUT2D eigenvalue weighted by Gasteiger charge is -1.95. The average molecular weight is 118 g/mol. The Labute approximate surface area is 46.3 Å². The smallest absolute Gasteiger partial charge is 0.312 e. The number of halogens is 1. The molecule has 0 aromatic rings. The molecule has 1 saturated carbocycles. The first kappa shape index (κ1) is 5.54. The molecule has 0 saturated heterocycles. The van der Waals surface area contributed by atoms with Crippen molar-refractivity contribution in [3.63, 3.8) is 0 Å². The van der Waals surface area contributed by atoms with Crippen LogP contribution in [0.3, 0.4) is 0 Å². The summed E-state index contributed by atoms with van der Waals surface area (Å²) in [4.78, 5) is 10.1. The molecule has 0 unspecified atom stereocenters. The highest BCUT2D eigenvalue weighted by molar-refractivity contribution is 5.78. The van der Waals surface area contributed by atoms with E-state index in [4.69, 9.17) is 5.11 Å². The third-order valence-corrected chi connectivity index (χ3v) is 1.62. The Morgan fingerprint density at radius 2 is 2.38 bits per heavy atom. The number of rotatable bonds is 1. The number of hydrogen-bond donors (Lipinski definition) is 1. The molecule has 0 spiro atoms. The summed E-state index contributed by atoms with van der Waals surface area (Å²) in [6.45, 7) is 1.42. The lowest BCUT2D eigenvalue weighted by Crippen LogP contribution is -2.12. The summed E-state index contributed by atoms with van der Waals surface area (Å²) in [6, 6.07) is 0. The van der Waals surface area contributed by atoms with Crippen LogP contribution >= 0.6 is 0 Å². The van der Waals surface area contributed by atoms with Gasteiger partial charge < -0.3 is 5.11 Å². The van der Waals surface area contributed by atoms with Crippen molar-refractivity contribution < 1.29 is 14.3 Å². The summed E-state index contributed by atoms with van der Waals surface area (Å²) in [5.41, 5.74) is -1.04. The molecule has 1 aliphatic carbocycles. The van der Waals surface area contributed by atoms with Crippen molar-refractivity contribution in [3.8, 4) is 0 Å². The van der Waals surface area contributed by atoms with Gasteiger partial charge in [-0.2, -0.15) is 0 Å². The molecule has 0 radical (unpaired) electrons. The monoisotopic (exact) mass is 118 g/mol. The molecule has 2 nitrogen and oxygen atoms in total. The van der Waals surface area contributed by atoms with Gasteiger partial charge in [0.2, 0.25) is 0 Å². The van der Waals surface area contributed by atoms with Crippen LogP contribution in [0, 0.1) is 5.41 Å². The third kappa shape index (κ3) is 0.504. The number of carboxylic acid groups (broad SMARTS) is 1. The van der Waals surface area contributed by atoms with Gasteiger partial charge in [0, 0.05) is 0 Å². The van der Waals surface area contributed by atoms with E-state index in [2.05, 4.69) is 0 Å². The standard InChI is InChI=1S/C5H7FO2/c1-5(4(7)8)2-3(5)6/h3H,2H2,1H3,(H,7,8)/t3-,5+/m0/s1. The second-order valence-corrected chi connectivity index (χ2v) is 2.39. The molecule has 1 N–H and O–H groups in total. The molecular weight excluding hydrogens is 111 g/mol. The van der Waals surface area contributed by atoms with Crippen LogP contribution in [0.5, 0.6) is 0 Å². The predicted molar refractivity (Wildman–Crippen MR) is 25.3 cm³/mol. The van der Waals surface area contributed by atoms with E-state index in [-0.39, 0.29) is 6.42 Å². The normalized spacial score (nSPS) is 44.0. The molecule has 2 atom stereocenters. The summed E-state index contributed by atoms with van der Waals surface area (Å²) in [5.74, 6) is -1.02. The summed E-state index contributed by atoms with van der Waals surface area (Å²) in [6.07, 6.45) is -0.928. The second kappa shape index (κ2) is 1.21. The van der Waals surface area contributed by atoms with Crippen molar-refractivity contribution in [1.82, 2.24) is 0 Å². The van der Waals surface area contributed by atoms with E-state index in [9.17, 15) is 9.18 Å². The van der Waals surface area contributed by atoms with Crippen molar-refractivity contribution >= 4 is 5.97 Å². The molecule has 0 heterocycles. The van der Waals surface area contributed by atoms with Gasteiger partial charge in [-0.1, -0.05) is 0 Å². The largest absolute Gasteiger partial charge is 0.481 e. The topological polar surface area (TPSA) is 37.3 Å². The zero-order chi connectivity index (χ0) is 6.36. The molecular formula is C5H7FO2. The van der Waals surface area contributed by atoms with Crippen LogP contribution in [0.25, 0.3) is 0 Å². The minimum absolute atomic E-state index is 0.183. The van der Waals surface area contributed by atoms with Gasteiger partial charge in [-0.05, 0) is 13.3 Å². The van der Waals surface area contributed by atoms with E-state index in [1.165, 1.54) is 6.92 Å². The molecule has 0 aliphatic heterocycles. The van der Waals surface area contributed by atoms with E-state index in [0.717, 1.165) is 0 Å². The number of carboxylic acids is 1. The molecule has 1 aliphatic rings. The Morgan fingerprint density at radius 1 is 2.00 bits per heavy atom. The predicted octanol–water partition coefficient (Wildman–Crippen LogP) is 0.819. The highest BCUT2D eigenvalue weighted by Crippen LogP contribution is 2.48. The lowest BCUT2D eigenvalue weighted by molar-refractivity contribution is -0.143. The Bertz CT molecular complexity index is 134. The van der Waals surface area contributed by atoms with Crippen molar-refractivity contribution in [3.05, 3.63) is 0 Å². The first-order valence-electron chi connectivity index (χ1n) is 2.45. The van der Waals surface area contributed by atoms with Gasteiger partial charge in [-0.25, -0.2) is 4.39 Å².